The Morgan fingerprint density at radius 1 is 1.20 bits per heavy atom. The van der Waals surface area contributed by atoms with Gasteiger partial charge in [0.2, 0.25) is 0 Å². The highest BCUT2D eigenvalue weighted by Gasteiger charge is 2.37. The van der Waals surface area contributed by atoms with Gasteiger partial charge in [0.25, 0.3) is 0 Å². The maximum absolute atomic E-state index is 11.7. The lowest BCUT2D eigenvalue weighted by Gasteiger charge is -2.36. The second kappa shape index (κ2) is 4.97. The third kappa shape index (κ3) is 2.33. The molecule has 2 fully saturated rings. The fourth-order valence-electron chi connectivity index (χ4n) is 3.08. The minimum atomic E-state index is -0.0217. The number of hydrogen-bond donors (Lipinski definition) is 1. The molecule has 3 atom stereocenters. The number of aliphatic hydroxyl groups excluding tert-OH is 1. The second-order valence-electron chi connectivity index (χ2n) is 4.81. The molecule has 1 heterocycles. The Kier molecular flexibility index (Phi) is 3.62. The zero-order valence-electron chi connectivity index (χ0n) is 9.15. The van der Waals surface area contributed by atoms with Crippen LogP contribution in [0.3, 0.4) is 0 Å². The van der Waals surface area contributed by atoms with Crippen molar-refractivity contribution < 1.29 is 14.6 Å². The Hall–Kier alpha value is -0.570. The van der Waals surface area contributed by atoms with Crippen molar-refractivity contribution in [3.63, 3.8) is 0 Å². The van der Waals surface area contributed by atoms with E-state index in [9.17, 15) is 9.90 Å². The predicted molar refractivity (Wildman–Crippen MR) is 56.2 cm³/mol. The van der Waals surface area contributed by atoms with Crippen LogP contribution in [0.4, 0.5) is 0 Å². The largest absolute Gasteiger partial charge is 0.465 e. The minimum absolute atomic E-state index is 0.0217. The second-order valence-corrected chi connectivity index (χ2v) is 4.81. The standard InChI is InChI=1S/C12H20O3/c13-8-9-4-1-2-5-10(9)11-6-3-7-15-12(11)14/h9-11,13H,1-8H2/t9-,10+,11-/m0/s1. The quantitative estimate of drug-likeness (QED) is 0.709. The van der Waals surface area contributed by atoms with E-state index in [1.54, 1.807) is 0 Å². The first-order chi connectivity index (χ1) is 7.33. The zero-order valence-corrected chi connectivity index (χ0v) is 9.15. The molecular weight excluding hydrogens is 192 g/mol. The van der Waals surface area contributed by atoms with E-state index < -0.39 is 0 Å². The number of carbonyl (C=O) groups excluding carboxylic acids is 1. The van der Waals surface area contributed by atoms with Gasteiger partial charge in [-0.25, -0.2) is 0 Å². The molecule has 0 spiro atoms. The summed E-state index contributed by atoms with van der Waals surface area (Å²) in [6, 6.07) is 0. The summed E-state index contributed by atoms with van der Waals surface area (Å²) in [5.74, 6) is 0.744. The molecule has 0 bridgehead atoms. The lowest BCUT2D eigenvalue weighted by molar-refractivity contribution is -0.157. The first-order valence-corrected chi connectivity index (χ1v) is 6.10. The summed E-state index contributed by atoms with van der Waals surface area (Å²) in [5, 5.41) is 9.33. The smallest absolute Gasteiger partial charge is 0.309 e. The Balaban J connectivity index is 2.02. The van der Waals surface area contributed by atoms with Gasteiger partial charge >= 0.3 is 5.97 Å². The van der Waals surface area contributed by atoms with Gasteiger partial charge in [-0.3, -0.25) is 4.79 Å². The molecule has 1 aliphatic carbocycles. The van der Waals surface area contributed by atoms with Crippen LogP contribution in [0.15, 0.2) is 0 Å². The fraction of sp³-hybridized carbons (Fsp3) is 0.917. The number of carbonyl (C=O) groups is 1. The molecule has 2 aliphatic rings. The maximum atomic E-state index is 11.7. The molecule has 3 nitrogen and oxygen atoms in total. The average molecular weight is 212 g/mol. The number of aliphatic hydroxyl groups is 1. The van der Waals surface area contributed by atoms with Crippen LogP contribution in [0.2, 0.25) is 0 Å². The summed E-state index contributed by atoms with van der Waals surface area (Å²) < 4.78 is 5.12. The topological polar surface area (TPSA) is 46.5 Å². The normalized spacial score (nSPS) is 37.4. The van der Waals surface area contributed by atoms with Crippen LogP contribution in [0, 0.1) is 17.8 Å². The van der Waals surface area contributed by atoms with Crippen molar-refractivity contribution in [1.29, 1.82) is 0 Å². The highest BCUT2D eigenvalue weighted by molar-refractivity contribution is 5.73. The van der Waals surface area contributed by atoms with E-state index in [1.807, 2.05) is 0 Å². The average Bonchev–Trinajstić information content (AvgIpc) is 2.30. The van der Waals surface area contributed by atoms with Gasteiger partial charge in [0.05, 0.1) is 12.5 Å². The molecule has 0 radical (unpaired) electrons. The van der Waals surface area contributed by atoms with Crippen molar-refractivity contribution in [2.45, 2.75) is 38.5 Å². The van der Waals surface area contributed by atoms with E-state index in [0.717, 1.165) is 25.7 Å². The fourth-order valence-corrected chi connectivity index (χ4v) is 3.08. The molecule has 2 rings (SSSR count). The molecule has 0 aromatic heterocycles. The summed E-state index contributed by atoms with van der Waals surface area (Å²) in [6.45, 7) is 0.820. The molecule has 0 aromatic carbocycles. The van der Waals surface area contributed by atoms with Crippen LogP contribution in [0.5, 0.6) is 0 Å². The molecule has 0 aromatic rings. The number of rotatable bonds is 2. The molecule has 0 unspecified atom stereocenters. The molecule has 15 heavy (non-hydrogen) atoms. The Bertz CT molecular complexity index is 227. The van der Waals surface area contributed by atoms with E-state index >= 15 is 0 Å². The molecule has 1 saturated heterocycles. The molecule has 3 heteroatoms. The summed E-state index contributed by atoms with van der Waals surface area (Å²) in [4.78, 5) is 11.7. The molecule has 1 N–H and O–H groups in total. The Labute approximate surface area is 90.8 Å². The van der Waals surface area contributed by atoms with Crippen molar-refractivity contribution in [2.24, 2.45) is 17.8 Å². The zero-order chi connectivity index (χ0) is 10.7. The van der Waals surface area contributed by atoms with Crippen LogP contribution >= 0.6 is 0 Å². The Morgan fingerprint density at radius 2 is 2.00 bits per heavy atom. The highest BCUT2D eigenvalue weighted by Crippen LogP contribution is 2.38. The van der Waals surface area contributed by atoms with Crippen molar-refractivity contribution in [3.8, 4) is 0 Å². The third-order valence-electron chi connectivity index (χ3n) is 3.93. The van der Waals surface area contributed by atoms with Gasteiger partial charge in [-0.15, -0.1) is 0 Å². The number of cyclic esters (lactones) is 1. The van der Waals surface area contributed by atoms with Crippen molar-refractivity contribution in [3.05, 3.63) is 0 Å². The molecule has 1 saturated carbocycles. The van der Waals surface area contributed by atoms with E-state index in [4.69, 9.17) is 4.74 Å². The van der Waals surface area contributed by atoms with E-state index in [2.05, 4.69) is 0 Å². The summed E-state index contributed by atoms with van der Waals surface area (Å²) in [5.41, 5.74) is 0. The highest BCUT2D eigenvalue weighted by atomic mass is 16.5. The lowest BCUT2D eigenvalue weighted by atomic mass is 9.71. The third-order valence-corrected chi connectivity index (χ3v) is 3.93. The first-order valence-electron chi connectivity index (χ1n) is 6.10. The van der Waals surface area contributed by atoms with Crippen molar-refractivity contribution in [2.75, 3.05) is 13.2 Å². The SMILES string of the molecule is O=C1OCCC[C@H]1[C@@H]1CCCC[C@H]1CO. The van der Waals surface area contributed by atoms with E-state index in [1.165, 1.54) is 12.8 Å². The van der Waals surface area contributed by atoms with Gasteiger partial charge < -0.3 is 9.84 Å². The van der Waals surface area contributed by atoms with Crippen molar-refractivity contribution in [1.82, 2.24) is 0 Å². The maximum Gasteiger partial charge on any atom is 0.309 e. The minimum Gasteiger partial charge on any atom is -0.465 e. The van der Waals surface area contributed by atoms with Gasteiger partial charge in [0, 0.05) is 6.61 Å². The van der Waals surface area contributed by atoms with Gasteiger partial charge in [-0.2, -0.15) is 0 Å². The molecule has 86 valence electrons. The van der Waals surface area contributed by atoms with Crippen LogP contribution in [0.1, 0.15) is 38.5 Å². The predicted octanol–water partition coefficient (Wildman–Crippen LogP) is 1.74. The van der Waals surface area contributed by atoms with E-state index in [0.29, 0.717) is 18.4 Å². The van der Waals surface area contributed by atoms with Crippen LogP contribution in [-0.2, 0) is 9.53 Å². The first kappa shape index (κ1) is 10.9. The Morgan fingerprint density at radius 3 is 2.73 bits per heavy atom. The summed E-state index contributed by atoms with van der Waals surface area (Å²) >= 11 is 0. The van der Waals surface area contributed by atoms with Gasteiger partial charge in [0.1, 0.15) is 0 Å². The van der Waals surface area contributed by atoms with Crippen molar-refractivity contribution >= 4 is 5.97 Å². The van der Waals surface area contributed by atoms with Crippen LogP contribution < -0.4 is 0 Å². The molecule has 0 amide bonds. The van der Waals surface area contributed by atoms with Gasteiger partial charge in [-0.05, 0) is 37.5 Å². The van der Waals surface area contributed by atoms with E-state index in [-0.39, 0.29) is 18.5 Å². The molecule has 1 aliphatic heterocycles. The number of hydrogen-bond acceptors (Lipinski definition) is 3. The number of ether oxygens (including phenoxy) is 1. The van der Waals surface area contributed by atoms with Crippen LogP contribution in [-0.4, -0.2) is 24.3 Å². The summed E-state index contributed by atoms with van der Waals surface area (Å²) in [6.07, 6.45) is 6.51. The lowest BCUT2D eigenvalue weighted by Crippen LogP contribution is -2.37. The number of esters is 1. The molecular formula is C12H20O3. The summed E-state index contributed by atoms with van der Waals surface area (Å²) in [7, 11) is 0. The van der Waals surface area contributed by atoms with Crippen LogP contribution in [0.25, 0.3) is 0 Å². The van der Waals surface area contributed by atoms with Gasteiger partial charge in [0.15, 0.2) is 0 Å². The monoisotopic (exact) mass is 212 g/mol. The van der Waals surface area contributed by atoms with Gasteiger partial charge in [-0.1, -0.05) is 12.8 Å².